The maximum atomic E-state index is 12.2. The Hall–Kier alpha value is -1.38. The second kappa shape index (κ2) is 8.82. The normalized spacial score (nSPS) is 17.0. The highest BCUT2D eigenvalue weighted by Crippen LogP contribution is 2.22. The summed E-state index contributed by atoms with van der Waals surface area (Å²) in [5, 5.41) is 12.2. The van der Waals surface area contributed by atoms with Crippen LogP contribution in [0, 0.1) is 0 Å². The zero-order chi connectivity index (χ0) is 17.6. The van der Waals surface area contributed by atoms with E-state index in [4.69, 9.17) is 4.74 Å². The van der Waals surface area contributed by atoms with Crippen molar-refractivity contribution in [2.75, 3.05) is 17.7 Å². The van der Waals surface area contributed by atoms with Crippen LogP contribution in [0.5, 0.6) is 0 Å². The van der Waals surface area contributed by atoms with E-state index in [2.05, 4.69) is 42.9 Å². The minimum absolute atomic E-state index is 0.0583. The monoisotopic (exact) mass is 424 g/mol. The molecule has 134 valence electrons. The molecule has 1 fully saturated rings. The lowest BCUT2D eigenvalue weighted by molar-refractivity contribution is -0.113. The molecule has 25 heavy (non-hydrogen) atoms. The standard InChI is InChI=1S/C17H21BrN4O2S/c1-2-15-20-21-17(22(15)10-14-4-3-9-24-14)25-11-16(23)19-13-7-5-12(18)6-8-13/h5-8,14H,2-4,9-11H2,1H3,(H,19,23). The zero-order valence-electron chi connectivity index (χ0n) is 14.1. The summed E-state index contributed by atoms with van der Waals surface area (Å²) >= 11 is 4.79. The Morgan fingerprint density at radius 2 is 2.20 bits per heavy atom. The molecule has 6 nitrogen and oxygen atoms in total. The van der Waals surface area contributed by atoms with Crippen LogP contribution in [0.3, 0.4) is 0 Å². The molecule has 2 heterocycles. The van der Waals surface area contributed by atoms with Crippen molar-refractivity contribution in [3.63, 3.8) is 0 Å². The van der Waals surface area contributed by atoms with Crippen molar-refractivity contribution in [3.8, 4) is 0 Å². The molecule has 0 aliphatic carbocycles. The Kier molecular flexibility index (Phi) is 6.50. The van der Waals surface area contributed by atoms with Crippen LogP contribution in [0.2, 0.25) is 0 Å². The van der Waals surface area contributed by atoms with Gasteiger partial charge in [-0.05, 0) is 37.1 Å². The van der Waals surface area contributed by atoms with Crippen LogP contribution in [0.4, 0.5) is 5.69 Å². The van der Waals surface area contributed by atoms with Gasteiger partial charge in [0.25, 0.3) is 0 Å². The molecule has 1 atom stereocenters. The van der Waals surface area contributed by atoms with Crippen LogP contribution in [0.25, 0.3) is 0 Å². The number of hydrogen-bond acceptors (Lipinski definition) is 5. The Morgan fingerprint density at radius 1 is 1.40 bits per heavy atom. The van der Waals surface area contributed by atoms with Crippen molar-refractivity contribution >= 4 is 39.3 Å². The van der Waals surface area contributed by atoms with Gasteiger partial charge in [-0.1, -0.05) is 34.6 Å². The third-order valence-corrected chi connectivity index (χ3v) is 5.48. The van der Waals surface area contributed by atoms with Gasteiger partial charge in [0.15, 0.2) is 5.16 Å². The van der Waals surface area contributed by atoms with E-state index in [9.17, 15) is 4.79 Å². The number of carbonyl (C=O) groups excluding carboxylic acids is 1. The van der Waals surface area contributed by atoms with Gasteiger partial charge in [-0.3, -0.25) is 4.79 Å². The van der Waals surface area contributed by atoms with Crippen LogP contribution >= 0.6 is 27.7 Å². The van der Waals surface area contributed by atoms with Gasteiger partial charge < -0.3 is 14.6 Å². The highest BCUT2D eigenvalue weighted by molar-refractivity contribution is 9.10. The average Bonchev–Trinajstić information content (AvgIpc) is 3.25. The van der Waals surface area contributed by atoms with Crippen molar-refractivity contribution in [1.29, 1.82) is 0 Å². The number of halogens is 1. The Labute approximate surface area is 159 Å². The number of amides is 1. The number of nitrogens with zero attached hydrogens (tertiary/aromatic N) is 3. The van der Waals surface area contributed by atoms with Crippen molar-refractivity contribution in [1.82, 2.24) is 14.8 Å². The summed E-state index contributed by atoms with van der Waals surface area (Å²) in [5.41, 5.74) is 0.781. The highest BCUT2D eigenvalue weighted by atomic mass is 79.9. The van der Waals surface area contributed by atoms with E-state index in [1.54, 1.807) is 0 Å². The van der Waals surface area contributed by atoms with Crippen LogP contribution < -0.4 is 5.32 Å². The largest absolute Gasteiger partial charge is 0.376 e. The second-order valence-corrected chi connectivity index (χ2v) is 7.70. The zero-order valence-corrected chi connectivity index (χ0v) is 16.5. The first-order valence-electron chi connectivity index (χ1n) is 8.37. The van der Waals surface area contributed by atoms with E-state index in [0.29, 0.717) is 5.75 Å². The molecule has 1 aromatic carbocycles. The van der Waals surface area contributed by atoms with Gasteiger partial charge in [0.1, 0.15) is 5.82 Å². The van der Waals surface area contributed by atoms with Gasteiger partial charge in [0, 0.05) is 23.2 Å². The molecule has 0 bridgehead atoms. The Balaban J connectivity index is 1.59. The van der Waals surface area contributed by atoms with E-state index in [1.165, 1.54) is 11.8 Å². The Morgan fingerprint density at radius 3 is 2.88 bits per heavy atom. The van der Waals surface area contributed by atoms with Gasteiger partial charge in [-0.15, -0.1) is 10.2 Å². The first-order chi connectivity index (χ1) is 12.2. The van der Waals surface area contributed by atoms with Gasteiger partial charge >= 0.3 is 0 Å². The number of ether oxygens (including phenoxy) is 1. The molecule has 0 spiro atoms. The quantitative estimate of drug-likeness (QED) is 0.688. The van der Waals surface area contributed by atoms with E-state index >= 15 is 0 Å². The molecule has 8 heteroatoms. The van der Waals surface area contributed by atoms with Crippen LogP contribution in [0.1, 0.15) is 25.6 Å². The SMILES string of the molecule is CCc1nnc(SCC(=O)Nc2ccc(Br)cc2)n1CC1CCCO1. The third-order valence-electron chi connectivity index (χ3n) is 3.98. The summed E-state index contributed by atoms with van der Waals surface area (Å²) in [6.45, 7) is 3.64. The number of hydrogen-bond donors (Lipinski definition) is 1. The first kappa shape index (κ1) is 18.4. The maximum Gasteiger partial charge on any atom is 0.234 e. The molecule has 3 rings (SSSR count). The Bertz CT molecular complexity index is 714. The lowest BCUT2D eigenvalue weighted by Crippen LogP contribution is -2.19. The number of aromatic nitrogens is 3. The van der Waals surface area contributed by atoms with Crippen molar-refractivity contribution < 1.29 is 9.53 Å². The number of anilines is 1. The number of thioether (sulfide) groups is 1. The van der Waals surface area contributed by atoms with E-state index in [-0.39, 0.29) is 12.0 Å². The maximum absolute atomic E-state index is 12.2. The van der Waals surface area contributed by atoms with Gasteiger partial charge in [0.2, 0.25) is 5.91 Å². The summed E-state index contributed by atoms with van der Waals surface area (Å²) in [5.74, 6) is 1.17. The molecule has 2 aromatic rings. The lowest BCUT2D eigenvalue weighted by atomic mass is 10.2. The van der Waals surface area contributed by atoms with Crippen molar-refractivity contribution in [2.24, 2.45) is 0 Å². The molecule has 0 radical (unpaired) electrons. The molecular formula is C17H21BrN4O2S. The number of nitrogens with one attached hydrogen (secondary N) is 1. The molecule has 1 aliphatic heterocycles. The molecule has 1 amide bonds. The molecule has 0 saturated carbocycles. The van der Waals surface area contributed by atoms with Crippen molar-refractivity contribution in [3.05, 3.63) is 34.6 Å². The summed E-state index contributed by atoms with van der Waals surface area (Å²) in [4.78, 5) is 12.2. The molecule has 1 N–H and O–H groups in total. The number of rotatable bonds is 7. The number of aryl methyl sites for hydroxylation is 1. The smallest absolute Gasteiger partial charge is 0.234 e. The lowest BCUT2D eigenvalue weighted by Gasteiger charge is -2.14. The third kappa shape index (κ3) is 5.05. The van der Waals surface area contributed by atoms with E-state index in [1.807, 2.05) is 24.3 Å². The predicted molar refractivity (Wildman–Crippen MR) is 102 cm³/mol. The summed E-state index contributed by atoms with van der Waals surface area (Å²) in [7, 11) is 0. The van der Waals surface area contributed by atoms with Gasteiger partial charge in [-0.25, -0.2) is 0 Å². The molecule has 1 aromatic heterocycles. The van der Waals surface area contributed by atoms with E-state index < -0.39 is 0 Å². The fourth-order valence-electron chi connectivity index (χ4n) is 2.72. The van der Waals surface area contributed by atoms with E-state index in [0.717, 1.165) is 53.6 Å². The fourth-order valence-corrected chi connectivity index (χ4v) is 3.75. The number of carbonyl (C=O) groups is 1. The van der Waals surface area contributed by atoms with Gasteiger partial charge in [-0.2, -0.15) is 0 Å². The van der Waals surface area contributed by atoms with Gasteiger partial charge in [0.05, 0.1) is 18.4 Å². The summed E-state index contributed by atoms with van der Waals surface area (Å²) < 4.78 is 8.80. The van der Waals surface area contributed by atoms with Crippen LogP contribution in [-0.2, 0) is 22.5 Å². The average molecular weight is 425 g/mol. The molecule has 1 saturated heterocycles. The van der Waals surface area contributed by atoms with Crippen LogP contribution in [0.15, 0.2) is 33.9 Å². The van der Waals surface area contributed by atoms with Crippen LogP contribution in [-0.4, -0.2) is 39.1 Å². The fraction of sp³-hybridized carbons (Fsp3) is 0.471. The summed E-state index contributed by atoms with van der Waals surface area (Å²) in [6, 6.07) is 7.52. The topological polar surface area (TPSA) is 69.0 Å². The second-order valence-electron chi connectivity index (χ2n) is 5.84. The first-order valence-corrected chi connectivity index (χ1v) is 10.2. The van der Waals surface area contributed by atoms with Crippen molar-refractivity contribution in [2.45, 2.75) is 44.0 Å². The number of benzene rings is 1. The summed E-state index contributed by atoms with van der Waals surface area (Å²) in [6.07, 6.45) is 3.20. The highest BCUT2D eigenvalue weighted by Gasteiger charge is 2.20. The predicted octanol–water partition coefficient (Wildman–Crippen LogP) is 3.51. The molecule has 1 unspecified atom stereocenters. The minimum Gasteiger partial charge on any atom is -0.376 e. The molecule has 1 aliphatic rings. The molecular weight excluding hydrogens is 404 g/mol. The minimum atomic E-state index is -0.0583.